The van der Waals surface area contributed by atoms with Gasteiger partial charge >= 0.3 is 5.97 Å². The highest BCUT2D eigenvalue weighted by Gasteiger charge is 2.08. The van der Waals surface area contributed by atoms with Crippen LogP contribution in [0.4, 0.5) is 0 Å². The topological polar surface area (TPSA) is 83.5 Å². The molecule has 0 aliphatic heterocycles. The van der Waals surface area contributed by atoms with E-state index in [1.165, 1.54) is 0 Å². The first-order valence-electron chi connectivity index (χ1n) is 4.06. The van der Waals surface area contributed by atoms with E-state index in [2.05, 4.69) is 5.32 Å². The predicted molar refractivity (Wildman–Crippen MR) is 45.2 cm³/mol. The summed E-state index contributed by atoms with van der Waals surface area (Å²) in [4.78, 5) is 31.6. The Morgan fingerprint density at radius 3 is 2.38 bits per heavy atom. The molecule has 74 valence electrons. The van der Waals surface area contributed by atoms with E-state index in [0.717, 1.165) is 0 Å². The second-order valence-electron chi connectivity index (χ2n) is 2.64. The van der Waals surface area contributed by atoms with Crippen LogP contribution in [-0.2, 0) is 14.4 Å². The molecule has 13 heavy (non-hydrogen) atoms. The molecule has 0 rings (SSSR count). The third kappa shape index (κ3) is 6.99. The SMILES string of the molecule is CCCC(=O)NCC(=O)CC(=O)O. The molecule has 0 aromatic carbocycles. The van der Waals surface area contributed by atoms with Crippen LogP contribution >= 0.6 is 0 Å². The van der Waals surface area contributed by atoms with Crippen molar-refractivity contribution in [2.75, 3.05) is 6.54 Å². The molecule has 0 saturated carbocycles. The fourth-order valence-corrected chi connectivity index (χ4v) is 0.744. The smallest absolute Gasteiger partial charge is 0.310 e. The number of carboxylic acids is 1. The number of carbonyl (C=O) groups excluding carboxylic acids is 2. The van der Waals surface area contributed by atoms with Crippen LogP contribution in [0.15, 0.2) is 0 Å². The van der Waals surface area contributed by atoms with Gasteiger partial charge in [0.2, 0.25) is 5.91 Å². The van der Waals surface area contributed by atoms with Crippen molar-refractivity contribution in [2.24, 2.45) is 0 Å². The van der Waals surface area contributed by atoms with E-state index < -0.39 is 18.2 Å². The van der Waals surface area contributed by atoms with Crippen molar-refractivity contribution in [1.29, 1.82) is 0 Å². The van der Waals surface area contributed by atoms with Gasteiger partial charge < -0.3 is 10.4 Å². The second kappa shape index (κ2) is 6.16. The summed E-state index contributed by atoms with van der Waals surface area (Å²) in [5, 5.41) is 10.6. The molecule has 0 aromatic rings. The molecule has 0 saturated heterocycles. The molecule has 1 amide bonds. The zero-order valence-corrected chi connectivity index (χ0v) is 7.50. The molecule has 0 spiro atoms. The first kappa shape index (κ1) is 11.6. The van der Waals surface area contributed by atoms with Crippen LogP contribution in [0, 0.1) is 0 Å². The zero-order chi connectivity index (χ0) is 10.3. The van der Waals surface area contributed by atoms with Gasteiger partial charge in [-0.2, -0.15) is 0 Å². The van der Waals surface area contributed by atoms with Gasteiger partial charge in [-0.05, 0) is 6.42 Å². The number of aliphatic carboxylic acids is 1. The molecular weight excluding hydrogens is 174 g/mol. The summed E-state index contributed by atoms with van der Waals surface area (Å²) >= 11 is 0. The van der Waals surface area contributed by atoms with Crippen molar-refractivity contribution in [3.05, 3.63) is 0 Å². The van der Waals surface area contributed by atoms with Gasteiger partial charge in [0.1, 0.15) is 6.42 Å². The van der Waals surface area contributed by atoms with Crippen molar-refractivity contribution >= 4 is 17.7 Å². The van der Waals surface area contributed by atoms with Crippen molar-refractivity contribution in [3.63, 3.8) is 0 Å². The predicted octanol–water partition coefficient (Wildman–Crippen LogP) is -0.0535. The number of Topliss-reactive ketones (excluding diaryl/α,β-unsaturated/α-hetero) is 1. The van der Waals surface area contributed by atoms with Gasteiger partial charge in [-0.1, -0.05) is 6.92 Å². The van der Waals surface area contributed by atoms with E-state index in [9.17, 15) is 14.4 Å². The lowest BCUT2D eigenvalue weighted by Gasteiger charge is -2.01. The van der Waals surface area contributed by atoms with Crippen LogP contribution in [0.1, 0.15) is 26.2 Å². The van der Waals surface area contributed by atoms with Gasteiger partial charge in [0.15, 0.2) is 5.78 Å². The Balaban J connectivity index is 3.58. The van der Waals surface area contributed by atoms with E-state index in [4.69, 9.17) is 5.11 Å². The van der Waals surface area contributed by atoms with Crippen molar-refractivity contribution in [1.82, 2.24) is 5.32 Å². The molecule has 0 heterocycles. The molecule has 0 radical (unpaired) electrons. The number of hydrogen-bond donors (Lipinski definition) is 2. The maximum atomic E-state index is 10.8. The van der Waals surface area contributed by atoms with E-state index in [-0.39, 0.29) is 12.5 Å². The summed E-state index contributed by atoms with van der Waals surface area (Å²) in [5.74, 6) is -1.88. The van der Waals surface area contributed by atoms with Gasteiger partial charge in [-0.15, -0.1) is 0 Å². The highest BCUT2D eigenvalue weighted by atomic mass is 16.4. The summed E-state index contributed by atoms with van der Waals surface area (Å²) in [6.45, 7) is 1.66. The minimum Gasteiger partial charge on any atom is -0.481 e. The fraction of sp³-hybridized carbons (Fsp3) is 0.625. The minimum atomic E-state index is -1.17. The average Bonchev–Trinajstić information content (AvgIpc) is 2.00. The standard InChI is InChI=1S/C8H13NO4/c1-2-3-7(11)9-5-6(10)4-8(12)13/h2-5H2,1H3,(H,9,11)(H,12,13). The quantitative estimate of drug-likeness (QED) is 0.571. The molecule has 0 aliphatic carbocycles. The highest BCUT2D eigenvalue weighted by Crippen LogP contribution is 1.86. The maximum absolute atomic E-state index is 10.8. The van der Waals surface area contributed by atoms with Crippen LogP contribution in [0.3, 0.4) is 0 Å². The number of nitrogens with one attached hydrogen (secondary N) is 1. The van der Waals surface area contributed by atoms with Crippen LogP contribution in [0.5, 0.6) is 0 Å². The molecule has 0 fully saturated rings. The van der Waals surface area contributed by atoms with Crippen LogP contribution in [0.25, 0.3) is 0 Å². The number of rotatable bonds is 6. The molecule has 5 nitrogen and oxygen atoms in total. The first-order valence-corrected chi connectivity index (χ1v) is 4.06. The van der Waals surface area contributed by atoms with E-state index in [1.54, 1.807) is 0 Å². The second-order valence-corrected chi connectivity index (χ2v) is 2.64. The summed E-state index contributed by atoms with van der Waals surface area (Å²) in [6.07, 6.45) is 0.533. The Bertz CT molecular complexity index is 212. The zero-order valence-electron chi connectivity index (χ0n) is 7.50. The summed E-state index contributed by atoms with van der Waals surface area (Å²) < 4.78 is 0. The Morgan fingerprint density at radius 2 is 1.92 bits per heavy atom. The van der Waals surface area contributed by atoms with Crippen LogP contribution < -0.4 is 5.32 Å². The van der Waals surface area contributed by atoms with Crippen molar-refractivity contribution in [3.8, 4) is 0 Å². The summed E-state index contributed by atoms with van der Waals surface area (Å²) in [7, 11) is 0. The van der Waals surface area contributed by atoms with Gasteiger partial charge in [0.25, 0.3) is 0 Å². The number of amides is 1. The lowest BCUT2D eigenvalue weighted by atomic mass is 10.2. The lowest BCUT2D eigenvalue weighted by molar-refractivity contribution is -0.140. The number of ketones is 1. The lowest BCUT2D eigenvalue weighted by Crippen LogP contribution is -2.30. The normalized spacial score (nSPS) is 9.31. The highest BCUT2D eigenvalue weighted by molar-refractivity contribution is 5.97. The Kier molecular flexibility index (Phi) is 5.50. The summed E-state index contributed by atoms with van der Waals surface area (Å²) in [6, 6.07) is 0. The third-order valence-corrected chi connectivity index (χ3v) is 1.31. The largest absolute Gasteiger partial charge is 0.481 e. The molecule has 0 aliphatic rings. The van der Waals surface area contributed by atoms with Crippen LogP contribution in [-0.4, -0.2) is 29.3 Å². The number of carboxylic acid groups (broad SMARTS) is 1. The minimum absolute atomic E-state index is 0.189. The number of carbonyl (C=O) groups is 3. The average molecular weight is 187 g/mol. The van der Waals surface area contributed by atoms with E-state index in [0.29, 0.717) is 12.8 Å². The van der Waals surface area contributed by atoms with E-state index >= 15 is 0 Å². The van der Waals surface area contributed by atoms with Gasteiger partial charge in [-0.3, -0.25) is 14.4 Å². The molecule has 0 aromatic heterocycles. The van der Waals surface area contributed by atoms with E-state index in [1.807, 2.05) is 6.92 Å². The maximum Gasteiger partial charge on any atom is 0.310 e. The number of hydrogen-bond acceptors (Lipinski definition) is 3. The van der Waals surface area contributed by atoms with Gasteiger partial charge in [-0.25, -0.2) is 0 Å². The van der Waals surface area contributed by atoms with Crippen molar-refractivity contribution < 1.29 is 19.5 Å². The molecule has 5 heteroatoms. The van der Waals surface area contributed by atoms with Crippen molar-refractivity contribution in [2.45, 2.75) is 26.2 Å². The molecule has 0 unspecified atom stereocenters. The Morgan fingerprint density at radius 1 is 1.31 bits per heavy atom. The fourth-order valence-electron chi connectivity index (χ4n) is 0.744. The first-order chi connectivity index (χ1) is 6.06. The molecule has 0 bridgehead atoms. The molecular formula is C8H13NO4. The Hall–Kier alpha value is -1.39. The monoisotopic (exact) mass is 187 g/mol. The van der Waals surface area contributed by atoms with Crippen LogP contribution in [0.2, 0.25) is 0 Å². The molecule has 2 N–H and O–H groups in total. The van der Waals surface area contributed by atoms with Gasteiger partial charge in [0, 0.05) is 6.42 Å². The van der Waals surface area contributed by atoms with Gasteiger partial charge in [0.05, 0.1) is 6.54 Å². The third-order valence-electron chi connectivity index (χ3n) is 1.31. The summed E-state index contributed by atoms with van der Waals surface area (Å²) in [5.41, 5.74) is 0. The Labute approximate surface area is 76.1 Å². The molecule has 0 atom stereocenters.